The second-order valence-electron chi connectivity index (χ2n) is 5.41. The second kappa shape index (κ2) is 5.74. The van der Waals surface area contributed by atoms with E-state index in [1.807, 2.05) is 23.8 Å². The third-order valence-corrected chi connectivity index (χ3v) is 4.61. The van der Waals surface area contributed by atoms with Crippen LogP contribution in [0.2, 0.25) is 0 Å². The Hall–Kier alpha value is -1.36. The minimum atomic E-state index is -0.807. The molecule has 1 saturated carbocycles. The molecule has 0 radical (unpaired) electrons. The number of nitrogens with one attached hydrogen (secondary N) is 1. The molecule has 2 unspecified atom stereocenters. The van der Waals surface area contributed by atoms with Gasteiger partial charge in [0.15, 0.2) is 0 Å². The molecule has 0 spiro atoms. The lowest BCUT2D eigenvalue weighted by molar-refractivity contribution is -0.146. The molecule has 1 heterocycles. The van der Waals surface area contributed by atoms with Gasteiger partial charge in [0.05, 0.1) is 17.9 Å². The molecule has 19 heavy (non-hydrogen) atoms. The van der Waals surface area contributed by atoms with E-state index < -0.39 is 17.4 Å². The van der Waals surface area contributed by atoms with Gasteiger partial charge in [-0.05, 0) is 42.2 Å². The molecular formula is C14H19NO3S. The van der Waals surface area contributed by atoms with Crippen molar-refractivity contribution in [2.45, 2.75) is 44.6 Å². The lowest BCUT2D eigenvalue weighted by Crippen LogP contribution is -2.55. The molecule has 2 rings (SSSR count). The second-order valence-corrected chi connectivity index (χ2v) is 6.19. The summed E-state index contributed by atoms with van der Waals surface area (Å²) in [5, 5.41) is 16.1. The van der Waals surface area contributed by atoms with Gasteiger partial charge in [-0.1, -0.05) is 12.8 Å². The van der Waals surface area contributed by atoms with Crippen LogP contribution in [0.15, 0.2) is 16.8 Å². The molecule has 1 fully saturated rings. The van der Waals surface area contributed by atoms with Crippen molar-refractivity contribution >= 4 is 23.2 Å². The van der Waals surface area contributed by atoms with Crippen molar-refractivity contribution in [2.24, 2.45) is 5.92 Å². The maximum absolute atomic E-state index is 12.1. The number of carbonyl (C=O) groups excluding carboxylic acids is 1. The van der Waals surface area contributed by atoms with Crippen LogP contribution in [-0.2, 0) is 16.0 Å². The lowest BCUT2D eigenvalue weighted by Gasteiger charge is -2.39. The fraction of sp³-hybridized carbons (Fsp3) is 0.571. The zero-order valence-electron chi connectivity index (χ0n) is 11.0. The molecule has 1 aromatic heterocycles. The first-order valence-corrected chi connectivity index (χ1v) is 7.50. The van der Waals surface area contributed by atoms with E-state index in [0.29, 0.717) is 12.8 Å². The van der Waals surface area contributed by atoms with Gasteiger partial charge in [0.2, 0.25) is 5.91 Å². The summed E-state index contributed by atoms with van der Waals surface area (Å²) in [5.41, 5.74) is 0.366. The molecule has 1 aliphatic carbocycles. The highest BCUT2D eigenvalue weighted by atomic mass is 32.1. The molecule has 0 bridgehead atoms. The van der Waals surface area contributed by atoms with E-state index >= 15 is 0 Å². The Morgan fingerprint density at radius 1 is 1.53 bits per heavy atom. The smallest absolute Gasteiger partial charge is 0.308 e. The number of amides is 1. The number of thiophene rings is 1. The molecule has 1 aliphatic rings. The van der Waals surface area contributed by atoms with Gasteiger partial charge in [0.25, 0.3) is 0 Å². The normalized spacial score (nSPS) is 26.9. The number of hydrogen-bond acceptors (Lipinski definition) is 3. The Morgan fingerprint density at radius 3 is 2.95 bits per heavy atom. The molecule has 1 amide bonds. The van der Waals surface area contributed by atoms with Gasteiger partial charge in [-0.15, -0.1) is 0 Å². The zero-order chi connectivity index (χ0) is 13.9. The van der Waals surface area contributed by atoms with Gasteiger partial charge in [0.1, 0.15) is 0 Å². The summed E-state index contributed by atoms with van der Waals surface area (Å²) in [6.45, 7) is 1.86. The maximum atomic E-state index is 12.1. The first-order chi connectivity index (χ1) is 9.01. The fourth-order valence-corrected chi connectivity index (χ4v) is 3.49. The predicted molar refractivity (Wildman–Crippen MR) is 74.2 cm³/mol. The van der Waals surface area contributed by atoms with E-state index in [-0.39, 0.29) is 5.91 Å². The van der Waals surface area contributed by atoms with Crippen LogP contribution in [0.3, 0.4) is 0 Å². The lowest BCUT2D eigenvalue weighted by atomic mass is 9.74. The van der Waals surface area contributed by atoms with Crippen molar-refractivity contribution in [1.29, 1.82) is 0 Å². The van der Waals surface area contributed by atoms with Crippen LogP contribution in [0.5, 0.6) is 0 Å². The minimum absolute atomic E-state index is 0.0888. The van der Waals surface area contributed by atoms with Crippen molar-refractivity contribution in [3.05, 3.63) is 22.4 Å². The van der Waals surface area contributed by atoms with Crippen molar-refractivity contribution < 1.29 is 14.7 Å². The van der Waals surface area contributed by atoms with Crippen molar-refractivity contribution in [3.8, 4) is 0 Å². The van der Waals surface area contributed by atoms with Gasteiger partial charge < -0.3 is 10.4 Å². The molecule has 104 valence electrons. The standard InChI is InChI=1S/C14H19NO3S/c1-14(6-3-2-4-11(14)13(17)18)15-12(16)8-10-5-7-19-9-10/h5,7,9,11H,2-4,6,8H2,1H3,(H,15,16)(H,17,18). The number of rotatable bonds is 4. The van der Waals surface area contributed by atoms with Crippen LogP contribution < -0.4 is 5.32 Å². The summed E-state index contributed by atoms with van der Waals surface area (Å²) in [6, 6.07) is 1.92. The van der Waals surface area contributed by atoms with Gasteiger partial charge in [0, 0.05) is 0 Å². The highest BCUT2D eigenvalue weighted by Crippen LogP contribution is 2.33. The largest absolute Gasteiger partial charge is 0.481 e. The van der Waals surface area contributed by atoms with Crippen molar-refractivity contribution in [2.75, 3.05) is 0 Å². The highest BCUT2D eigenvalue weighted by molar-refractivity contribution is 7.07. The summed E-state index contributed by atoms with van der Waals surface area (Å²) < 4.78 is 0. The highest BCUT2D eigenvalue weighted by Gasteiger charge is 2.42. The molecule has 2 atom stereocenters. The van der Waals surface area contributed by atoms with Crippen LogP contribution in [0.25, 0.3) is 0 Å². The summed E-state index contributed by atoms with van der Waals surface area (Å²) in [4.78, 5) is 23.4. The summed E-state index contributed by atoms with van der Waals surface area (Å²) in [6.07, 6.45) is 3.60. The molecule has 0 aromatic carbocycles. The third kappa shape index (κ3) is 3.35. The number of carboxylic acid groups (broad SMARTS) is 1. The van der Waals surface area contributed by atoms with E-state index in [1.165, 1.54) is 0 Å². The molecule has 1 aromatic rings. The van der Waals surface area contributed by atoms with E-state index in [0.717, 1.165) is 24.8 Å². The number of carboxylic acids is 1. The quantitative estimate of drug-likeness (QED) is 0.891. The van der Waals surface area contributed by atoms with Crippen LogP contribution in [0.4, 0.5) is 0 Å². The van der Waals surface area contributed by atoms with Gasteiger partial charge >= 0.3 is 5.97 Å². The Morgan fingerprint density at radius 2 is 2.32 bits per heavy atom. The predicted octanol–water partition coefficient (Wildman–Crippen LogP) is 2.44. The Bertz CT molecular complexity index is 457. The van der Waals surface area contributed by atoms with E-state index in [9.17, 15) is 14.7 Å². The third-order valence-electron chi connectivity index (χ3n) is 3.88. The number of carbonyl (C=O) groups is 2. The zero-order valence-corrected chi connectivity index (χ0v) is 11.8. The van der Waals surface area contributed by atoms with Gasteiger partial charge in [-0.25, -0.2) is 0 Å². The van der Waals surface area contributed by atoms with E-state index in [1.54, 1.807) is 11.3 Å². The maximum Gasteiger partial charge on any atom is 0.308 e. The fourth-order valence-electron chi connectivity index (χ4n) is 2.82. The topological polar surface area (TPSA) is 66.4 Å². The molecule has 2 N–H and O–H groups in total. The molecule has 0 aliphatic heterocycles. The molecule has 0 saturated heterocycles. The van der Waals surface area contributed by atoms with E-state index in [2.05, 4.69) is 5.32 Å². The van der Waals surface area contributed by atoms with Crippen molar-refractivity contribution in [1.82, 2.24) is 5.32 Å². The van der Waals surface area contributed by atoms with Gasteiger partial charge in [-0.3, -0.25) is 9.59 Å². The van der Waals surface area contributed by atoms with E-state index in [4.69, 9.17) is 0 Å². The Balaban J connectivity index is 2.02. The first kappa shape index (κ1) is 14.1. The van der Waals surface area contributed by atoms with Gasteiger partial charge in [-0.2, -0.15) is 11.3 Å². The first-order valence-electron chi connectivity index (χ1n) is 6.56. The average molecular weight is 281 g/mol. The van der Waals surface area contributed by atoms with Crippen LogP contribution in [0.1, 0.15) is 38.2 Å². The summed E-state index contributed by atoms with van der Waals surface area (Å²) in [5.74, 6) is -1.38. The Labute approximate surface area is 116 Å². The number of hydrogen-bond donors (Lipinski definition) is 2. The van der Waals surface area contributed by atoms with Crippen LogP contribution >= 0.6 is 11.3 Å². The molecular weight excluding hydrogens is 262 g/mol. The summed E-state index contributed by atoms with van der Waals surface area (Å²) >= 11 is 1.56. The Kier molecular flexibility index (Phi) is 4.24. The monoisotopic (exact) mass is 281 g/mol. The minimum Gasteiger partial charge on any atom is -0.481 e. The number of aliphatic carboxylic acids is 1. The summed E-state index contributed by atoms with van der Waals surface area (Å²) in [7, 11) is 0. The van der Waals surface area contributed by atoms with Crippen LogP contribution in [-0.4, -0.2) is 22.5 Å². The molecule has 5 heteroatoms. The molecule has 4 nitrogen and oxygen atoms in total. The van der Waals surface area contributed by atoms with Crippen LogP contribution in [0, 0.1) is 5.92 Å². The SMILES string of the molecule is CC1(NC(=O)Cc2ccsc2)CCCCC1C(=O)O. The average Bonchev–Trinajstić information content (AvgIpc) is 2.80. The van der Waals surface area contributed by atoms with Crippen molar-refractivity contribution in [3.63, 3.8) is 0 Å².